The summed E-state index contributed by atoms with van der Waals surface area (Å²) in [5.74, 6) is 0.450. The number of benzene rings is 1. The lowest BCUT2D eigenvalue weighted by molar-refractivity contribution is 0.514. The molecular formula is C12H17N3. The molecule has 0 bridgehead atoms. The van der Waals surface area contributed by atoms with Gasteiger partial charge in [-0.2, -0.15) is 0 Å². The summed E-state index contributed by atoms with van der Waals surface area (Å²) in [6.07, 6.45) is 1.83. The molecule has 3 nitrogen and oxygen atoms in total. The van der Waals surface area contributed by atoms with Gasteiger partial charge in [0.05, 0.1) is 17.4 Å². The number of imidazole rings is 1. The summed E-state index contributed by atoms with van der Waals surface area (Å²) < 4.78 is 2.01. The first-order valence-electron chi connectivity index (χ1n) is 5.26. The Labute approximate surface area is 89.9 Å². The second-order valence-electron chi connectivity index (χ2n) is 4.37. The van der Waals surface area contributed by atoms with Crippen LogP contribution in [0.1, 0.15) is 25.5 Å². The number of nitrogens with zero attached hydrogens (tertiary/aromatic N) is 2. The van der Waals surface area contributed by atoms with E-state index in [0.29, 0.717) is 5.92 Å². The molecule has 0 saturated carbocycles. The van der Waals surface area contributed by atoms with Crippen LogP contribution < -0.4 is 5.73 Å². The van der Waals surface area contributed by atoms with Crippen molar-refractivity contribution in [1.29, 1.82) is 0 Å². The molecule has 80 valence electrons. The molecule has 1 unspecified atom stereocenters. The van der Waals surface area contributed by atoms with E-state index in [2.05, 4.69) is 37.0 Å². The zero-order valence-corrected chi connectivity index (χ0v) is 9.44. The van der Waals surface area contributed by atoms with Crippen LogP contribution in [0.15, 0.2) is 24.5 Å². The first-order chi connectivity index (χ1) is 7.09. The predicted octanol–water partition coefficient (Wildman–Crippen LogP) is 2.23. The van der Waals surface area contributed by atoms with Crippen molar-refractivity contribution in [2.24, 2.45) is 18.7 Å². The topological polar surface area (TPSA) is 43.8 Å². The van der Waals surface area contributed by atoms with Gasteiger partial charge in [-0.3, -0.25) is 0 Å². The van der Waals surface area contributed by atoms with Gasteiger partial charge in [0.1, 0.15) is 0 Å². The number of rotatable bonds is 2. The van der Waals surface area contributed by atoms with Gasteiger partial charge in [-0.25, -0.2) is 4.98 Å². The minimum Gasteiger partial charge on any atom is -0.334 e. The van der Waals surface area contributed by atoms with Crippen LogP contribution >= 0.6 is 0 Å². The number of nitrogens with two attached hydrogens (primary N) is 1. The van der Waals surface area contributed by atoms with E-state index in [9.17, 15) is 0 Å². The number of fused-ring (bicyclic) bond motifs is 1. The van der Waals surface area contributed by atoms with Crippen molar-refractivity contribution >= 4 is 11.0 Å². The van der Waals surface area contributed by atoms with Crippen LogP contribution in [0.3, 0.4) is 0 Å². The van der Waals surface area contributed by atoms with Crippen molar-refractivity contribution in [3.05, 3.63) is 30.1 Å². The van der Waals surface area contributed by atoms with Gasteiger partial charge >= 0.3 is 0 Å². The van der Waals surface area contributed by atoms with Crippen molar-refractivity contribution in [2.75, 3.05) is 0 Å². The average Bonchev–Trinajstić information content (AvgIpc) is 2.59. The van der Waals surface area contributed by atoms with Crippen LogP contribution in [0.2, 0.25) is 0 Å². The third-order valence-corrected chi connectivity index (χ3v) is 2.85. The molecule has 1 aromatic carbocycles. The maximum atomic E-state index is 6.10. The maximum absolute atomic E-state index is 6.10. The molecule has 0 spiro atoms. The number of aryl methyl sites for hydroxylation is 1. The van der Waals surface area contributed by atoms with Crippen LogP contribution in [0.4, 0.5) is 0 Å². The van der Waals surface area contributed by atoms with Gasteiger partial charge in [0, 0.05) is 13.1 Å². The van der Waals surface area contributed by atoms with E-state index < -0.39 is 0 Å². The quantitative estimate of drug-likeness (QED) is 0.813. The second-order valence-corrected chi connectivity index (χ2v) is 4.37. The number of aromatic nitrogens is 2. The Morgan fingerprint density at radius 1 is 1.33 bits per heavy atom. The minimum absolute atomic E-state index is 0.0939. The highest BCUT2D eigenvalue weighted by molar-refractivity contribution is 5.76. The molecule has 0 aliphatic rings. The molecule has 2 rings (SSSR count). The van der Waals surface area contributed by atoms with Crippen molar-refractivity contribution in [1.82, 2.24) is 9.55 Å². The summed E-state index contributed by atoms with van der Waals surface area (Å²) >= 11 is 0. The van der Waals surface area contributed by atoms with Crippen LogP contribution in [-0.4, -0.2) is 9.55 Å². The normalized spacial score (nSPS) is 13.7. The monoisotopic (exact) mass is 203 g/mol. The highest BCUT2D eigenvalue weighted by atomic mass is 15.0. The molecule has 3 heteroatoms. The second kappa shape index (κ2) is 3.66. The zero-order chi connectivity index (χ0) is 11.0. The molecule has 0 aliphatic carbocycles. The third kappa shape index (κ3) is 1.75. The predicted molar refractivity (Wildman–Crippen MR) is 62.5 cm³/mol. The number of hydrogen-bond acceptors (Lipinski definition) is 2. The Bertz CT molecular complexity index is 471. The van der Waals surface area contributed by atoms with E-state index in [0.717, 1.165) is 16.6 Å². The molecule has 2 N–H and O–H groups in total. The fourth-order valence-electron chi connectivity index (χ4n) is 1.75. The summed E-state index contributed by atoms with van der Waals surface area (Å²) in [5, 5.41) is 0. The van der Waals surface area contributed by atoms with E-state index >= 15 is 0 Å². The SMILES string of the molecule is CC(C)C(N)c1ccc2c(c1)ncn2C. The average molecular weight is 203 g/mol. The fourth-order valence-corrected chi connectivity index (χ4v) is 1.75. The third-order valence-electron chi connectivity index (χ3n) is 2.85. The minimum atomic E-state index is 0.0939. The van der Waals surface area contributed by atoms with E-state index in [1.54, 1.807) is 0 Å². The van der Waals surface area contributed by atoms with Gasteiger partial charge in [0.15, 0.2) is 0 Å². The Morgan fingerprint density at radius 2 is 2.07 bits per heavy atom. The van der Waals surface area contributed by atoms with Gasteiger partial charge in [-0.15, -0.1) is 0 Å². The maximum Gasteiger partial charge on any atom is 0.0955 e. The largest absolute Gasteiger partial charge is 0.334 e. The summed E-state index contributed by atoms with van der Waals surface area (Å²) in [6.45, 7) is 4.26. The molecule has 0 aliphatic heterocycles. The van der Waals surface area contributed by atoms with E-state index in [4.69, 9.17) is 5.73 Å². The smallest absolute Gasteiger partial charge is 0.0955 e. The molecule has 0 saturated heterocycles. The van der Waals surface area contributed by atoms with Crippen LogP contribution in [0.5, 0.6) is 0 Å². The molecule has 1 atom stereocenters. The summed E-state index contributed by atoms with van der Waals surface area (Å²) in [4.78, 5) is 4.33. The van der Waals surface area contributed by atoms with E-state index in [-0.39, 0.29) is 6.04 Å². The highest BCUT2D eigenvalue weighted by Gasteiger charge is 2.11. The summed E-state index contributed by atoms with van der Waals surface area (Å²) in [6, 6.07) is 6.35. The summed E-state index contributed by atoms with van der Waals surface area (Å²) in [7, 11) is 2.00. The Kier molecular flexibility index (Phi) is 2.49. The fraction of sp³-hybridized carbons (Fsp3) is 0.417. The van der Waals surface area contributed by atoms with Crippen molar-refractivity contribution in [3.63, 3.8) is 0 Å². The summed E-state index contributed by atoms with van der Waals surface area (Å²) in [5.41, 5.74) is 9.43. The van der Waals surface area contributed by atoms with Crippen molar-refractivity contribution in [2.45, 2.75) is 19.9 Å². The lowest BCUT2D eigenvalue weighted by atomic mass is 9.97. The number of hydrogen-bond donors (Lipinski definition) is 1. The molecule has 2 aromatic rings. The molecule has 1 aromatic heterocycles. The van der Waals surface area contributed by atoms with Crippen molar-refractivity contribution in [3.8, 4) is 0 Å². The zero-order valence-electron chi connectivity index (χ0n) is 9.44. The molecule has 0 radical (unpaired) electrons. The Hall–Kier alpha value is -1.35. The van der Waals surface area contributed by atoms with Crippen LogP contribution in [0, 0.1) is 5.92 Å². The van der Waals surface area contributed by atoms with Gasteiger partial charge < -0.3 is 10.3 Å². The highest BCUT2D eigenvalue weighted by Crippen LogP contribution is 2.22. The van der Waals surface area contributed by atoms with Crippen LogP contribution in [-0.2, 0) is 7.05 Å². The lowest BCUT2D eigenvalue weighted by Crippen LogP contribution is -2.16. The standard InChI is InChI=1S/C12H17N3/c1-8(2)12(13)9-4-5-11-10(6-9)14-7-15(11)3/h4-8,12H,13H2,1-3H3. The lowest BCUT2D eigenvalue weighted by Gasteiger charge is -2.15. The van der Waals surface area contributed by atoms with Crippen LogP contribution in [0.25, 0.3) is 11.0 Å². The first kappa shape index (κ1) is 10.2. The molecular weight excluding hydrogens is 186 g/mol. The first-order valence-corrected chi connectivity index (χ1v) is 5.26. The van der Waals surface area contributed by atoms with Gasteiger partial charge in [0.2, 0.25) is 0 Å². The van der Waals surface area contributed by atoms with Crippen molar-refractivity contribution < 1.29 is 0 Å². The van der Waals surface area contributed by atoms with Gasteiger partial charge in [-0.1, -0.05) is 19.9 Å². The van der Waals surface area contributed by atoms with E-state index in [1.165, 1.54) is 0 Å². The Balaban J connectivity index is 2.47. The van der Waals surface area contributed by atoms with Gasteiger partial charge in [-0.05, 0) is 23.6 Å². The van der Waals surface area contributed by atoms with Gasteiger partial charge in [0.25, 0.3) is 0 Å². The molecule has 1 heterocycles. The van der Waals surface area contributed by atoms with E-state index in [1.807, 2.05) is 17.9 Å². The molecule has 15 heavy (non-hydrogen) atoms. The Morgan fingerprint density at radius 3 is 2.73 bits per heavy atom. The molecule has 0 fully saturated rings. The molecule has 0 amide bonds.